The molecule has 13 heavy (non-hydrogen) atoms. The molecule has 2 unspecified atom stereocenters. The van der Waals surface area contributed by atoms with Crippen LogP contribution in [0.25, 0.3) is 0 Å². The summed E-state index contributed by atoms with van der Waals surface area (Å²) in [7, 11) is 0. The third kappa shape index (κ3) is 3.53. The average molecular weight is 200 g/mol. The van der Waals surface area contributed by atoms with Crippen molar-refractivity contribution in [3.05, 3.63) is 0 Å². The fourth-order valence-corrected chi connectivity index (χ4v) is 1.17. The molecule has 0 heterocycles. The van der Waals surface area contributed by atoms with Crippen LogP contribution in [0.4, 0.5) is 17.6 Å². The van der Waals surface area contributed by atoms with Crippen LogP contribution >= 0.6 is 0 Å². The Morgan fingerprint density at radius 3 is 1.46 bits per heavy atom. The van der Waals surface area contributed by atoms with E-state index in [2.05, 4.69) is 0 Å². The second-order valence-corrected chi connectivity index (χ2v) is 3.91. The van der Waals surface area contributed by atoms with Gasteiger partial charge in [0.15, 0.2) is 6.17 Å². The Morgan fingerprint density at radius 1 is 0.846 bits per heavy atom. The van der Waals surface area contributed by atoms with E-state index >= 15 is 0 Å². The van der Waals surface area contributed by atoms with Gasteiger partial charge in [0.05, 0.1) is 0 Å². The van der Waals surface area contributed by atoms with Crippen molar-refractivity contribution >= 4 is 0 Å². The summed E-state index contributed by atoms with van der Waals surface area (Å²) in [5, 5.41) is 0. The van der Waals surface area contributed by atoms with Crippen LogP contribution < -0.4 is 0 Å². The largest absolute Gasteiger partial charge is 0.419 e. The molecule has 0 saturated heterocycles. The van der Waals surface area contributed by atoms with Crippen molar-refractivity contribution in [2.24, 2.45) is 17.8 Å². The Morgan fingerprint density at radius 2 is 1.23 bits per heavy atom. The lowest BCUT2D eigenvalue weighted by Crippen LogP contribution is -2.35. The molecule has 0 N–H and O–H groups in total. The van der Waals surface area contributed by atoms with E-state index in [1.807, 2.05) is 0 Å². The summed E-state index contributed by atoms with van der Waals surface area (Å²) in [6.45, 7) is 6.55. The number of hydrogen-bond acceptors (Lipinski definition) is 0. The van der Waals surface area contributed by atoms with E-state index in [1.165, 1.54) is 6.92 Å². The molecule has 0 bridgehead atoms. The van der Waals surface area contributed by atoms with E-state index < -0.39 is 18.3 Å². The second-order valence-electron chi connectivity index (χ2n) is 3.91. The molecule has 0 nitrogen and oxygen atoms in total. The van der Waals surface area contributed by atoms with Gasteiger partial charge in [-0.1, -0.05) is 27.7 Å². The van der Waals surface area contributed by atoms with E-state index in [0.29, 0.717) is 0 Å². The van der Waals surface area contributed by atoms with Gasteiger partial charge >= 0.3 is 6.18 Å². The predicted octanol–water partition coefficient (Wildman–Crippen LogP) is 3.82. The quantitative estimate of drug-likeness (QED) is 0.607. The topological polar surface area (TPSA) is 0 Å². The zero-order valence-corrected chi connectivity index (χ0v) is 8.32. The minimum absolute atomic E-state index is 0.0654. The molecule has 0 aliphatic rings. The first kappa shape index (κ1) is 12.7. The fourth-order valence-electron chi connectivity index (χ4n) is 1.17. The maximum absolute atomic E-state index is 12.8. The molecule has 0 fully saturated rings. The lowest BCUT2D eigenvalue weighted by atomic mass is 9.83. The molecule has 0 radical (unpaired) electrons. The smallest absolute Gasteiger partial charge is 0.237 e. The highest BCUT2D eigenvalue weighted by atomic mass is 19.4. The van der Waals surface area contributed by atoms with Gasteiger partial charge in [-0.05, 0) is 17.8 Å². The van der Waals surface area contributed by atoms with Crippen molar-refractivity contribution in [1.82, 2.24) is 0 Å². The van der Waals surface area contributed by atoms with Gasteiger partial charge < -0.3 is 0 Å². The van der Waals surface area contributed by atoms with Crippen molar-refractivity contribution in [3.8, 4) is 0 Å². The van der Waals surface area contributed by atoms with Gasteiger partial charge in [-0.2, -0.15) is 13.2 Å². The predicted molar refractivity (Wildman–Crippen MR) is 44.1 cm³/mol. The van der Waals surface area contributed by atoms with Crippen LogP contribution in [0.1, 0.15) is 27.7 Å². The number of hydrogen-bond donors (Lipinski definition) is 0. The Labute approximate surface area is 76.3 Å². The normalized spacial score (nSPS) is 20.1. The summed E-state index contributed by atoms with van der Waals surface area (Å²) in [6.07, 6.45) is -7.42. The van der Waals surface area contributed by atoms with Gasteiger partial charge in [0.1, 0.15) is 0 Å². The molecule has 4 heteroatoms. The summed E-state index contributed by atoms with van der Waals surface area (Å²) in [5.74, 6) is -1.17. The molecule has 80 valence electrons. The van der Waals surface area contributed by atoms with Gasteiger partial charge in [-0.25, -0.2) is 4.39 Å². The highest BCUT2D eigenvalue weighted by molar-refractivity contribution is 4.77. The zero-order valence-electron chi connectivity index (χ0n) is 8.32. The lowest BCUT2D eigenvalue weighted by molar-refractivity contribution is -0.198. The van der Waals surface area contributed by atoms with E-state index in [9.17, 15) is 17.6 Å². The van der Waals surface area contributed by atoms with Crippen molar-refractivity contribution in [3.63, 3.8) is 0 Å². The zero-order chi connectivity index (χ0) is 10.8. The second kappa shape index (κ2) is 4.29. The Balaban J connectivity index is 4.34. The third-order valence-corrected chi connectivity index (χ3v) is 2.66. The standard InChI is InChI=1S/C9H16F4/c1-5(2)6(3)7(4)8(10)9(11,12)13/h5-8H,1-4H3/t6-,7?,8?/m0/s1. The van der Waals surface area contributed by atoms with Crippen LogP contribution in [0.3, 0.4) is 0 Å². The lowest BCUT2D eigenvalue weighted by Gasteiger charge is -2.27. The molecule has 0 aromatic carbocycles. The monoisotopic (exact) mass is 200 g/mol. The SMILES string of the molecule is CC(C)[C@H](C)C(C)C(F)C(F)(F)F. The van der Waals surface area contributed by atoms with Crippen LogP contribution in [0, 0.1) is 17.8 Å². The molecule has 3 atom stereocenters. The summed E-state index contributed by atoms with van der Waals surface area (Å²) < 4.78 is 48.6. The minimum atomic E-state index is -4.72. The molecule has 0 aliphatic heterocycles. The summed E-state index contributed by atoms with van der Waals surface area (Å²) in [5.41, 5.74) is 0. The Hall–Kier alpha value is -0.280. The van der Waals surface area contributed by atoms with Gasteiger partial charge in [-0.3, -0.25) is 0 Å². The molecule has 0 aromatic rings. The molecular weight excluding hydrogens is 184 g/mol. The van der Waals surface area contributed by atoms with Gasteiger partial charge in [-0.15, -0.1) is 0 Å². The summed E-state index contributed by atoms with van der Waals surface area (Å²) in [6, 6.07) is 0. The van der Waals surface area contributed by atoms with Gasteiger partial charge in [0.2, 0.25) is 0 Å². The molecule has 0 spiro atoms. The van der Waals surface area contributed by atoms with Crippen LogP contribution in [0.5, 0.6) is 0 Å². The van der Waals surface area contributed by atoms with E-state index in [1.54, 1.807) is 20.8 Å². The van der Waals surface area contributed by atoms with Crippen molar-refractivity contribution < 1.29 is 17.6 Å². The molecule has 0 aromatic heterocycles. The van der Waals surface area contributed by atoms with Crippen molar-refractivity contribution in [1.29, 1.82) is 0 Å². The molecule has 0 saturated carbocycles. The molecule has 0 aliphatic carbocycles. The maximum Gasteiger partial charge on any atom is 0.419 e. The highest BCUT2D eigenvalue weighted by Crippen LogP contribution is 2.34. The van der Waals surface area contributed by atoms with Crippen LogP contribution in [0.2, 0.25) is 0 Å². The van der Waals surface area contributed by atoms with Gasteiger partial charge in [0, 0.05) is 0 Å². The Kier molecular flexibility index (Phi) is 4.20. The first-order valence-electron chi connectivity index (χ1n) is 4.38. The van der Waals surface area contributed by atoms with Crippen molar-refractivity contribution in [2.45, 2.75) is 40.0 Å². The van der Waals surface area contributed by atoms with E-state index in [-0.39, 0.29) is 11.8 Å². The molecule has 0 rings (SSSR count). The summed E-state index contributed by atoms with van der Waals surface area (Å²) in [4.78, 5) is 0. The Bertz CT molecular complexity index is 150. The first-order chi connectivity index (χ1) is 5.68. The van der Waals surface area contributed by atoms with Crippen LogP contribution in [-0.2, 0) is 0 Å². The highest BCUT2D eigenvalue weighted by Gasteiger charge is 2.45. The van der Waals surface area contributed by atoms with Crippen LogP contribution in [0.15, 0.2) is 0 Å². The summed E-state index contributed by atoms with van der Waals surface area (Å²) >= 11 is 0. The fraction of sp³-hybridized carbons (Fsp3) is 1.00. The first-order valence-corrected chi connectivity index (χ1v) is 4.38. The number of alkyl halides is 4. The minimum Gasteiger partial charge on any atom is -0.237 e. The van der Waals surface area contributed by atoms with Crippen molar-refractivity contribution in [2.75, 3.05) is 0 Å². The molecule has 0 amide bonds. The average Bonchev–Trinajstić information content (AvgIpc) is 1.98. The van der Waals surface area contributed by atoms with Gasteiger partial charge in [0.25, 0.3) is 0 Å². The third-order valence-electron chi connectivity index (χ3n) is 2.66. The maximum atomic E-state index is 12.8. The molecular formula is C9H16F4. The van der Waals surface area contributed by atoms with E-state index in [0.717, 1.165) is 0 Å². The van der Waals surface area contributed by atoms with Crippen LogP contribution in [-0.4, -0.2) is 12.3 Å². The number of rotatable bonds is 3. The number of halogens is 4. The van der Waals surface area contributed by atoms with E-state index in [4.69, 9.17) is 0 Å².